The fourth-order valence-electron chi connectivity index (χ4n) is 5.10. The molecule has 1 atom stereocenters. The molecule has 1 fully saturated rings. The minimum atomic E-state index is -0.311. The molecule has 0 aromatic carbocycles. The van der Waals surface area contributed by atoms with E-state index < -0.39 is 0 Å². The Kier molecular flexibility index (Phi) is 7.64. The minimum absolute atomic E-state index is 0.0389. The van der Waals surface area contributed by atoms with Crippen LogP contribution in [0.4, 0.5) is 10.2 Å². The molecule has 0 radical (unpaired) electrons. The molecular weight excluding hydrogens is 479 g/mol. The predicted octanol–water partition coefficient (Wildman–Crippen LogP) is 3.04. The number of nitrogens with zero attached hydrogens (tertiary/aromatic N) is 4. The molecule has 0 saturated carbocycles. The van der Waals surface area contributed by atoms with E-state index >= 15 is 0 Å². The predicted molar refractivity (Wildman–Crippen MR) is 140 cm³/mol. The van der Waals surface area contributed by atoms with E-state index in [0.29, 0.717) is 35.3 Å². The maximum Gasteiger partial charge on any atom is 0.251 e. The maximum absolute atomic E-state index is 13.3. The first-order valence-electron chi connectivity index (χ1n) is 12.5. The standard InChI is InChI=1S/C16H24N4OS.C10H7FN2O/c1-2-20-7-3-4-12(10-20)8-17-9-13-5-6-14-16(18-13)19-15(21)11-22-14;11-7-5-12-8-1-2-9(14)13-4-3-6(7)10(8)13/h5-6,12,17H,2-4,7-11H2,1H3,(H,18,19,21);1-2,5H,3-4H2. The molecule has 10 heteroatoms. The van der Waals surface area contributed by atoms with E-state index in [0.717, 1.165) is 42.0 Å². The number of thioether (sulfide) groups is 1. The molecule has 0 aliphatic carbocycles. The molecule has 8 nitrogen and oxygen atoms in total. The number of aromatic nitrogens is 3. The fourth-order valence-corrected chi connectivity index (χ4v) is 5.86. The largest absolute Gasteiger partial charge is 0.311 e. The molecule has 1 amide bonds. The van der Waals surface area contributed by atoms with Gasteiger partial charge in [0, 0.05) is 31.3 Å². The van der Waals surface area contributed by atoms with Crippen LogP contribution in [0.5, 0.6) is 0 Å². The molecule has 6 heterocycles. The Bertz CT molecular complexity index is 1330. The second-order valence-corrected chi connectivity index (χ2v) is 10.4. The molecule has 2 N–H and O–H groups in total. The molecule has 0 bridgehead atoms. The number of pyridine rings is 3. The zero-order valence-corrected chi connectivity index (χ0v) is 21.2. The number of carbonyl (C=O) groups is 1. The van der Waals surface area contributed by atoms with Crippen LogP contribution in [0.2, 0.25) is 0 Å². The summed E-state index contributed by atoms with van der Waals surface area (Å²) >= 11 is 1.55. The molecule has 1 unspecified atom stereocenters. The van der Waals surface area contributed by atoms with Gasteiger partial charge in [-0.1, -0.05) is 6.92 Å². The summed E-state index contributed by atoms with van der Waals surface area (Å²) in [5, 5.41) is 6.37. The highest BCUT2D eigenvalue weighted by atomic mass is 32.2. The number of nitrogens with one attached hydrogen (secondary N) is 2. The van der Waals surface area contributed by atoms with Crippen molar-refractivity contribution in [2.75, 3.05) is 37.2 Å². The number of halogens is 1. The Labute approximate surface area is 213 Å². The van der Waals surface area contributed by atoms with Crippen molar-refractivity contribution in [3.05, 3.63) is 57.9 Å². The van der Waals surface area contributed by atoms with E-state index in [-0.39, 0.29) is 17.3 Å². The van der Waals surface area contributed by atoms with E-state index in [9.17, 15) is 14.0 Å². The van der Waals surface area contributed by atoms with Crippen LogP contribution in [0.15, 0.2) is 40.2 Å². The number of amides is 1. The molecule has 36 heavy (non-hydrogen) atoms. The first-order valence-corrected chi connectivity index (χ1v) is 13.5. The number of anilines is 1. The van der Waals surface area contributed by atoms with E-state index in [1.54, 1.807) is 22.4 Å². The minimum Gasteiger partial charge on any atom is -0.311 e. The summed E-state index contributed by atoms with van der Waals surface area (Å²) in [6.07, 6.45) is 4.43. The number of hydrogen-bond donors (Lipinski definition) is 2. The first kappa shape index (κ1) is 24.9. The second kappa shape index (κ2) is 11.1. The number of fused-ring (bicyclic) bond motifs is 1. The van der Waals surface area contributed by atoms with Gasteiger partial charge in [-0.2, -0.15) is 0 Å². The summed E-state index contributed by atoms with van der Waals surface area (Å²) in [6, 6.07) is 7.23. The third-order valence-electron chi connectivity index (χ3n) is 6.96. The number of aryl methyl sites for hydroxylation is 2. The van der Waals surface area contributed by atoms with Crippen molar-refractivity contribution in [3.63, 3.8) is 0 Å². The molecule has 3 aromatic heterocycles. The highest BCUT2D eigenvalue weighted by molar-refractivity contribution is 8.00. The van der Waals surface area contributed by atoms with Crippen molar-refractivity contribution in [2.45, 2.75) is 44.2 Å². The lowest BCUT2D eigenvalue weighted by Crippen LogP contribution is -2.39. The molecule has 3 aliphatic heterocycles. The first-order chi connectivity index (χ1) is 17.5. The number of hydrogen-bond acceptors (Lipinski definition) is 7. The number of rotatable bonds is 5. The maximum atomic E-state index is 13.3. The van der Waals surface area contributed by atoms with Crippen LogP contribution >= 0.6 is 11.8 Å². The van der Waals surface area contributed by atoms with Crippen LogP contribution in [0, 0.1) is 11.7 Å². The summed E-state index contributed by atoms with van der Waals surface area (Å²) < 4.78 is 14.9. The molecule has 0 spiro atoms. The second-order valence-electron chi connectivity index (χ2n) is 9.41. The highest BCUT2D eigenvalue weighted by Crippen LogP contribution is 2.29. The Morgan fingerprint density at radius 2 is 2.11 bits per heavy atom. The Morgan fingerprint density at radius 1 is 1.22 bits per heavy atom. The Morgan fingerprint density at radius 3 is 2.97 bits per heavy atom. The van der Waals surface area contributed by atoms with Gasteiger partial charge < -0.3 is 20.1 Å². The lowest BCUT2D eigenvalue weighted by molar-refractivity contribution is -0.113. The lowest BCUT2D eigenvalue weighted by atomic mass is 9.98. The van der Waals surface area contributed by atoms with Crippen LogP contribution in [0.1, 0.15) is 31.0 Å². The normalized spacial score (nSPS) is 18.9. The van der Waals surface area contributed by atoms with Crippen LogP contribution in [0.3, 0.4) is 0 Å². The third-order valence-corrected chi connectivity index (χ3v) is 8.01. The summed E-state index contributed by atoms with van der Waals surface area (Å²) in [6.45, 7) is 8.20. The van der Waals surface area contributed by atoms with Gasteiger partial charge in [0.05, 0.1) is 33.6 Å². The van der Waals surface area contributed by atoms with E-state index in [4.69, 9.17) is 0 Å². The van der Waals surface area contributed by atoms with Gasteiger partial charge in [-0.15, -0.1) is 11.8 Å². The monoisotopic (exact) mass is 510 g/mol. The van der Waals surface area contributed by atoms with Crippen molar-refractivity contribution in [1.29, 1.82) is 0 Å². The van der Waals surface area contributed by atoms with Crippen LogP contribution in [-0.2, 0) is 24.3 Å². The molecule has 190 valence electrons. The smallest absolute Gasteiger partial charge is 0.251 e. The van der Waals surface area contributed by atoms with Gasteiger partial charge in [-0.05, 0) is 63.0 Å². The van der Waals surface area contributed by atoms with Gasteiger partial charge in [0.1, 0.15) is 11.6 Å². The van der Waals surface area contributed by atoms with Gasteiger partial charge in [0.15, 0.2) is 0 Å². The Hall–Kier alpha value is -2.82. The van der Waals surface area contributed by atoms with Crippen molar-refractivity contribution in [3.8, 4) is 0 Å². The summed E-state index contributed by atoms with van der Waals surface area (Å²) in [5.74, 6) is 1.67. The molecule has 1 saturated heterocycles. The summed E-state index contributed by atoms with van der Waals surface area (Å²) in [5.41, 5.74) is 2.89. The van der Waals surface area contributed by atoms with Crippen LogP contribution in [0.25, 0.3) is 11.0 Å². The molecular formula is C26H31FN6O2S. The zero-order valence-electron chi connectivity index (χ0n) is 20.4. The SMILES string of the molecule is CCN1CCCC(CNCc2ccc3c(n2)NC(=O)CS3)C1.O=c1ccc2ncc(F)c3c2n1CC3. The number of likely N-dealkylation sites (tertiary alicyclic amines) is 1. The molecule has 3 aliphatic rings. The van der Waals surface area contributed by atoms with Crippen LogP contribution < -0.4 is 16.2 Å². The average molecular weight is 511 g/mol. The van der Waals surface area contributed by atoms with Crippen molar-refractivity contribution in [1.82, 2.24) is 24.8 Å². The van der Waals surface area contributed by atoms with E-state index in [1.807, 2.05) is 0 Å². The van der Waals surface area contributed by atoms with Gasteiger partial charge in [0.25, 0.3) is 5.56 Å². The average Bonchev–Trinajstić information content (AvgIpc) is 3.35. The van der Waals surface area contributed by atoms with Gasteiger partial charge in [0.2, 0.25) is 5.91 Å². The fraction of sp³-hybridized carbons (Fsp3) is 0.462. The number of carbonyl (C=O) groups excluding carboxylic acids is 1. The zero-order chi connectivity index (χ0) is 25.1. The molecule has 6 rings (SSSR count). The van der Waals surface area contributed by atoms with Crippen LogP contribution in [-0.4, -0.2) is 57.3 Å². The third kappa shape index (κ3) is 5.45. The van der Waals surface area contributed by atoms with E-state index in [2.05, 4.69) is 44.6 Å². The quantitative estimate of drug-likeness (QED) is 0.545. The highest BCUT2D eigenvalue weighted by Gasteiger charge is 2.20. The summed E-state index contributed by atoms with van der Waals surface area (Å²) in [4.78, 5) is 34.9. The van der Waals surface area contributed by atoms with Gasteiger partial charge >= 0.3 is 0 Å². The van der Waals surface area contributed by atoms with Crippen molar-refractivity contribution in [2.24, 2.45) is 5.92 Å². The lowest BCUT2D eigenvalue weighted by Gasteiger charge is -2.31. The number of piperidine rings is 1. The Balaban J connectivity index is 0.000000163. The van der Waals surface area contributed by atoms with Gasteiger partial charge in [-0.25, -0.2) is 9.37 Å². The topological polar surface area (TPSA) is 92.2 Å². The van der Waals surface area contributed by atoms with E-state index in [1.165, 1.54) is 38.2 Å². The van der Waals surface area contributed by atoms with Gasteiger partial charge in [-0.3, -0.25) is 14.6 Å². The van der Waals surface area contributed by atoms with Crippen molar-refractivity contribution >= 4 is 34.5 Å². The van der Waals surface area contributed by atoms with Crippen molar-refractivity contribution < 1.29 is 9.18 Å². The summed E-state index contributed by atoms with van der Waals surface area (Å²) in [7, 11) is 0. The molecule has 3 aromatic rings.